The molecule has 92 valence electrons. The molecule has 1 atom stereocenters. The summed E-state index contributed by atoms with van der Waals surface area (Å²) < 4.78 is 0.377. The van der Waals surface area contributed by atoms with Crippen molar-refractivity contribution < 1.29 is 14.8 Å². The number of carboxylic acids is 1. The second kappa shape index (κ2) is 5.09. The van der Waals surface area contributed by atoms with Gasteiger partial charge in [0, 0.05) is 13.2 Å². The third kappa shape index (κ3) is 2.70. The largest absolute Gasteiger partial charge is 0.480 e. The van der Waals surface area contributed by atoms with Crippen molar-refractivity contribution in [2.45, 2.75) is 13.0 Å². The molecule has 17 heavy (non-hydrogen) atoms. The van der Waals surface area contributed by atoms with Crippen molar-refractivity contribution in [1.29, 1.82) is 0 Å². The lowest BCUT2D eigenvalue weighted by Crippen LogP contribution is -2.36. The number of nitro groups is 1. The lowest BCUT2D eigenvalue weighted by molar-refractivity contribution is -0.384. The van der Waals surface area contributed by atoms with Crippen LogP contribution in [0.3, 0.4) is 0 Å². The fourth-order valence-electron chi connectivity index (χ4n) is 1.26. The van der Waals surface area contributed by atoms with Crippen LogP contribution in [0.25, 0.3) is 0 Å². The first-order chi connectivity index (χ1) is 7.86. The maximum absolute atomic E-state index is 10.9. The van der Waals surface area contributed by atoms with Crippen LogP contribution in [0, 0.1) is 10.1 Å². The Balaban J connectivity index is 3.29. The third-order valence-corrected chi connectivity index (χ3v) is 2.92. The van der Waals surface area contributed by atoms with Crippen molar-refractivity contribution in [2.24, 2.45) is 0 Å². The summed E-state index contributed by atoms with van der Waals surface area (Å²) in [5, 5.41) is 19.7. The second-order valence-electron chi connectivity index (χ2n) is 3.37. The maximum atomic E-state index is 10.9. The molecule has 1 rings (SSSR count). The van der Waals surface area contributed by atoms with E-state index in [-0.39, 0.29) is 11.4 Å². The predicted molar refractivity (Wildman–Crippen MR) is 64.1 cm³/mol. The molecule has 0 aliphatic carbocycles. The van der Waals surface area contributed by atoms with E-state index in [9.17, 15) is 14.9 Å². The molecule has 0 amide bonds. The molecular formula is C9H10BrN3O4. The molecule has 1 aromatic heterocycles. The third-order valence-electron chi connectivity index (χ3n) is 2.34. The smallest absolute Gasteiger partial charge is 0.326 e. The number of aromatic nitrogens is 1. The minimum atomic E-state index is -1.06. The summed E-state index contributed by atoms with van der Waals surface area (Å²) in [6.07, 6.45) is 2.47. The molecule has 1 heterocycles. The van der Waals surface area contributed by atoms with Crippen LogP contribution < -0.4 is 4.90 Å². The van der Waals surface area contributed by atoms with Crippen LogP contribution in [-0.4, -0.2) is 34.1 Å². The number of carbonyl (C=O) groups is 1. The first-order valence-electron chi connectivity index (χ1n) is 4.59. The van der Waals surface area contributed by atoms with Gasteiger partial charge in [-0.25, -0.2) is 4.79 Å². The molecule has 0 saturated heterocycles. The average molecular weight is 304 g/mol. The number of anilines is 1. The zero-order valence-corrected chi connectivity index (χ0v) is 10.7. The number of aliphatic carboxylic acids is 1. The van der Waals surface area contributed by atoms with E-state index in [0.29, 0.717) is 4.47 Å². The molecule has 1 N–H and O–H groups in total. The van der Waals surface area contributed by atoms with Gasteiger partial charge in [0.25, 0.3) is 0 Å². The highest BCUT2D eigenvalue weighted by atomic mass is 79.9. The van der Waals surface area contributed by atoms with Crippen molar-refractivity contribution in [3.05, 3.63) is 27.0 Å². The van der Waals surface area contributed by atoms with Crippen molar-refractivity contribution in [3.8, 4) is 0 Å². The number of hydrogen-bond acceptors (Lipinski definition) is 5. The van der Waals surface area contributed by atoms with E-state index in [4.69, 9.17) is 5.11 Å². The highest BCUT2D eigenvalue weighted by molar-refractivity contribution is 9.10. The lowest BCUT2D eigenvalue weighted by Gasteiger charge is -2.23. The monoisotopic (exact) mass is 303 g/mol. The summed E-state index contributed by atoms with van der Waals surface area (Å²) in [4.78, 5) is 26.1. The normalized spacial score (nSPS) is 11.9. The number of nitrogens with zero attached hydrogens (tertiary/aromatic N) is 3. The fourth-order valence-corrected chi connectivity index (χ4v) is 1.86. The first kappa shape index (κ1) is 13.4. The van der Waals surface area contributed by atoms with Crippen LogP contribution in [0.5, 0.6) is 0 Å². The molecule has 0 aromatic carbocycles. The second-order valence-corrected chi connectivity index (χ2v) is 4.23. The van der Waals surface area contributed by atoms with Crippen LogP contribution in [0.2, 0.25) is 0 Å². The molecule has 7 nitrogen and oxygen atoms in total. The zero-order valence-electron chi connectivity index (χ0n) is 9.12. The summed E-state index contributed by atoms with van der Waals surface area (Å²) in [5.74, 6) is -1.06. The number of pyridine rings is 1. The summed E-state index contributed by atoms with van der Waals surface area (Å²) >= 11 is 3.13. The van der Waals surface area contributed by atoms with Gasteiger partial charge < -0.3 is 10.0 Å². The minimum absolute atomic E-state index is 0.194. The molecule has 0 fully saturated rings. The van der Waals surface area contributed by atoms with Gasteiger partial charge >= 0.3 is 11.7 Å². The van der Waals surface area contributed by atoms with E-state index in [0.717, 1.165) is 6.20 Å². The Bertz CT molecular complexity index is 466. The fraction of sp³-hybridized carbons (Fsp3) is 0.333. The van der Waals surface area contributed by atoms with Crippen molar-refractivity contribution >= 4 is 33.3 Å². The van der Waals surface area contributed by atoms with Crippen molar-refractivity contribution in [1.82, 2.24) is 4.98 Å². The van der Waals surface area contributed by atoms with Gasteiger partial charge in [-0.2, -0.15) is 0 Å². The van der Waals surface area contributed by atoms with Crippen LogP contribution in [0.1, 0.15) is 6.92 Å². The van der Waals surface area contributed by atoms with Crippen LogP contribution >= 0.6 is 15.9 Å². The molecule has 0 unspecified atom stereocenters. The highest BCUT2D eigenvalue weighted by Crippen LogP contribution is 2.34. The summed E-state index contributed by atoms with van der Waals surface area (Å²) in [5.41, 5.74) is -0.0464. The molecule has 0 radical (unpaired) electrons. The van der Waals surface area contributed by atoms with E-state index in [1.165, 1.54) is 25.1 Å². The zero-order chi connectivity index (χ0) is 13.2. The van der Waals surface area contributed by atoms with Gasteiger partial charge in [-0.3, -0.25) is 15.1 Å². The van der Waals surface area contributed by atoms with E-state index in [1.807, 2.05) is 0 Å². The Hall–Kier alpha value is -1.70. The number of hydrogen-bond donors (Lipinski definition) is 1. The number of likely N-dealkylation sites (N-methyl/N-ethyl adjacent to an activating group) is 1. The number of rotatable bonds is 4. The first-order valence-corrected chi connectivity index (χ1v) is 5.39. The molecule has 1 aromatic rings. The van der Waals surface area contributed by atoms with Gasteiger partial charge in [0.1, 0.15) is 17.9 Å². The molecular weight excluding hydrogens is 294 g/mol. The van der Waals surface area contributed by atoms with Gasteiger partial charge in [0.2, 0.25) is 0 Å². The Labute approximate surface area is 105 Å². The van der Waals surface area contributed by atoms with Crippen molar-refractivity contribution in [2.75, 3.05) is 11.9 Å². The minimum Gasteiger partial charge on any atom is -0.480 e. The highest BCUT2D eigenvalue weighted by Gasteiger charge is 2.26. The lowest BCUT2D eigenvalue weighted by atomic mass is 10.2. The van der Waals surface area contributed by atoms with E-state index < -0.39 is 16.9 Å². The van der Waals surface area contributed by atoms with Gasteiger partial charge in [-0.15, -0.1) is 0 Å². The molecule has 0 aliphatic heterocycles. The standard InChI is InChI=1S/C9H10BrN3O4/c1-5(9(14)15)12(2)8-6(10)3-11-4-7(8)13(16)17/h3-5H,1-2H3,(H,14,15)/t5-/m1/s1. The molecule has 0 saturated carbocycles. The molecule has 0 spiro atoms. The maximum Gasteiger partial charge on any atom is 0.326 e. The van der Waals surface area contributed by atoms with E-state index >= 15 is 0 Å². The van der Waals surface area contributed by atoms with Crippen molar-refractivity contribution in [3.63, 3.8) is 0 Å². The Morgan fingerprint density at radius 2 is 2.24 bits per heavy atom. The van der Waals surface area contributed by atoms with Gasteiger partial charge in [0.15, 0.2) is 0 Å². The van der Waals surface area contributed by atoms with Gasteiger partial charge in [0.05, 0.1) is 9.40 Å². The van der Waals surface area contributed by atoms with Gasteiger partial charge in [-0.05, 0) is 22.9 Å². The molecule has 0 bridgehead atoms. The number of halogens is 1. The van der Waals surface area contributed by atoms with Crippen LogP contribution in [0.15, 0.2) is 16.9 Å². The van der Waals surface area contributed by atoms with Crippen LogP contribution in [-0.2, 0) is 4.79 Å². The summed E-state index contributed by atoms with van der Waals surface area (Å²) in [6.45, 7) is 1.44. The van der Waals surface area contributed by atoms with E-state index in [2.05, 4.69) is 20.9 Å². The van der Waals surface area contributed by atoms with E-state index in [1.54, 1.807) is 0 Å². The topological polar surface area (TPSA) is 96.6 Å². The Kier molecular flexibility index (Phi) is 4.00. The number of carboxylic acid groups (broad SMARTS) is 1. The van der Waals surface area contributed by atoms with Crippen LogP contribution in [0.4, 0.5) is 11.4 Å². The summed E-state index contributed by atoms with van der Waals surface area (Å²) in [6, 6.07) is -0.882. The summed E-state index contributed by atoms with van der Waals surface area (Å²) in [7, 11) is 1.48. The SMILES string of the molecule is C[C@H](C(=O)O)N(C)c1c(Br)cncc1[N+](=O)[O-]. The average Bonchev–Trinajstić information content (AvgIpc) is 2.26. The Morgan fingerprint density at radius 1 is 1.65 bits per heavy atom. The molecule has 0 aliphatic rings. The van der Waals surface area contributed by atoms with Gasteiger partial charge in [-0.1, -0.05) is 0 Å². The quantitative estimate of drug-likeness (QED) is 0.671. The molecule has 8 heteroatoms. The predicted octanol–water partition coefficient (Wildman–Crippen LogP) is 1.66. The Morgan fingerprint density at radius 3 is 2.71 bits per heavy atom.